The second-order valence-electron chi connectivity index (χ2n) is 9.32. The Kier molecular flexibility index (Phi) is 4.57. The lowest BCUT2D eigenvalue weighted by Crippen LogP contribution is -2.32. The first-order valence-electron chi connectivity index (χ1n) is 11.3. The van der Waals surface area contributed by atoms with Crippen molar-refractivity contribution in [1.29, 1.82) is 0 Å². The van der Waals surface area contributed by atoms with Gasteiger partial charge in [0.15, 0.2) is 6.20 Å². The standard InChI is InChI=1S/C28H32N/c1-18-14-19(2)28(25-15-22-12-8-9-13-23(22)27(18)25)26-16-24(20(3)17-29(26)4)21-10-6-5-7-11-21/h8-9,12-14,16-17,21H,5-7,10-11,15H2,1-4H3/q+1. The summed E-state index contributed by atoms with van der Waals surface area (Å²) in [5.74, 6) is 0.736. The molecular weight excluding hydrogens is 350 g/mol. The van der Waals surface area contributed by atoms with Crippen LogP contribution in [0, 0.1) is 20.8 Å². The lowest BCUT2D eigenvalue weighted by Gasteiger charge is -2.24. The average molecular weight is 383 g/mol. The van der Waals surface area contributed by atoms with Crippen molar-refractivity contribution in [2.45, 2.75) is 65.2 Å². The van der Waals surface area contributed by atoms with Gasteiger partial charge in [0.1, 0.15) is 7.05 Å². The van der Waals surface area contributed by atoms with Gasteiger partial charge in [-0.05, 0) is 84.9 Å². The van der Waals surface area contributed by atoms with Crippen molar-refractivity contribution in [3.63, 3.8) is 0 Å². The lowest BCUT2D eigenvalue weighted by molar-refractivity contribution is -0.660. The molecule has 2 aliphatic rings. The van der Waals surface area contributed by atoms with Crippen LogP contribution in [0.1, 0.15) is 71.4 Å². The number of aryl methyl sites for hydroxylation is 4. The highest BCUT2D eigenvalue weighted by Gasteiger charge is 2.29. The minimum atomic E-state index is 0.736. The van der Waals surface area contributed by atoms with Crippen molar-refractivity contribution < 1.29 is 4.57 Å². The molecule has 2 aromatic carbocycles. The van der Waals surface area contributed by atoms with E-state index in [4.69, 9.17) is 0 Å². The molecule has 0 spiro atoms. The summed E-state index contributed by atoms with van der Waals surface area (Å²) in [6.07, 6.45) is 10.3. The maximum Gasteiger partial charge on any atom is 0.213 e. The third-order valence-electron chi connectivity index (χ3n) is 7.30. The fourth-order valence-corrected chi connectivity index (χ4v) is 5.99. The highest BCUT2D eigenvalue weighted by Crippen LogP contribution is 2.45. The Morgan fingerprint density at radius 2 is 1.55 bits per heavy atom. The maximum absolute atomic E-state index is 2.53. The molecule has 5 rings (SSSR count). The van der Waals surface area contributed by atoms with E-state index in [1.54, 1.807) is 5.56 Å². The molecule has 0 amide bonds. The number of hydrogen-bond donors (Lipinski definition) is 0. The Balaban J connectivity index is 1.71. The van der Waals surface area contributed by atoms with Crippen molar-refractivity contribution in [3.8, 4) is 22.4 Å². The molecule has 2 aliphatic carbocycles. The van der Waals surface area contributed by atoms with Gasteiger partial charge in [0.25, 0.3) is 0 Å². The summed E-state index contributed by atoms with van der Waals surface area (Å²) in [5, 5.41) is 0. The highest BCUT2D eigenvalue weighted by molar-refractivity contribution is 5.87. The number of nitrogens with zero attached hydrogens (tertiary/aromatic N) is 1. The minimum Gasteiger partial charge on any atom is -0.201 e. The van der Waals surface area contributed by atoms with Gasteiger partial charge in [-0.1, -0.05) is 49.6 Å². The number of rotatable bonds is 2. The smallest absolute Gasteiger partial charge is 0.201 e. The van der Waals surface area contributed by atoms with E-state index in [0.29, 0.717) is 0 Å². The summed E-state index contributed by atoms with van der Waals surface area (Å²) in [6.45, 7) is 6.88. The molecule has 1 fully saturated rings. The highest BCUT2D eigenvalue weighted by atomic mass is 14.9. The summed E-state index contributed by atoms with van der Waals surface area (Å²) < 4.78 is 2.36. The Hall–Kier alpha value is -2.41. The summed E-state index contributed by atoms with van der Waals surface area (Å²) >= 11 is 0. The first-order valence-corrected chi connectivity index (χ1v) is 11.3. The van der Waals surface area contributed by atoms with Crippen LogP contribution < -0.4 is 4.57 Å². The third kappa shape index (κ3) is 3.03. The number of benzene rings is 2. The Morgan fingerprint density at radius 1 is 0.828 bits per heavy atom. The molecule has 1 aromatic heterocycles. The second-order valence-corrected chi connectivity index (χ2v) is 9.32. The first-order chi connectivity index (χ1) is 14.0. The van der Waals surface area contributed by atoms with Crippen molar-refractivity contribution in [3.05, 3.63) is 76.0 Å². The number of fused-ring (bicyclic) bond motifs is 3. The largest absolute Gasteiger partial charge is 0.213 e. The van der Waals surface area contributed by atoms with E-state index in [9.17, 15) is 0 Å². The molecule has 29 heavy (non-hydrogen) atoms. The van der Waals surface area contributed by atoms with E-state index in [2.05, 4.69) is 75.0 Å². The van der Waals surface area contributed by atoms with E-state index in [-0.39, 0.29) is 0 Å². The molecule has 0 unspecified atom stereocenters. The van der Waals surface area contributed by atoms with Crippen LogP contribution in [0.25, 0.3) is 22.4 Å². The zero-order chi connectivity index (χ0) is 20.1. The molecule has 0 N–H and O–H groups in total. The van der Waals surface area contributed by atoms with Gasteiger partial charge in [-0.25, -0.2) is 4.57 Å². The second kappa shape index (κ2) is 7.13. The van der Waals surface area contributed by atoms with Crippen LogP contribution in [0.5, 0.6) is 0 Å². The topological polar surface area (TPSA) is 3.88 Å². The van der Waals surface area contributed by atoms with E-state index in [1.165, 1.54) is 82.3 Å². The Bertz CT molecular complexity index is 1100. The van der Waals surface area contributed by atoms with Crippen LogP contribution in [0.2, 0.25) is 0 Å². The molecule has 0 aliphatic heterocycles. The number of pyridine rings is 1. The van der Waals surface area contributed by atoms with Crippen LogP contribution in [0.15, 0.2) is 42.6 Å². The molecule has 1 nitrogen and oxygen atoms in total. The molecule has 0 radical (unpaired) electrons. The van der Waals surface area contributed by atoms with Crippen molar-refractivity contribution in [2.75, 3.05) is 0 Å². The quantitative estimate of drug-likeness (QED) is 0.339. The van der Waals surface area contributed by atoms with Crippen molar-refractivity contribution in [1.82, 2.24) is 0 Å². The average Bonchev–Trinajstić information content (AvgIpc) is 3.09. The minimum absolute atomic E-state index is 0.736. The molecule has 1 heterocycles. The Morgan fingerprint density at radius 3 is 2.34 bits per heavy atom. The maximum atomic E-state index is 2.53. The lowest BCUT2D eigenvalue weighted by atomic mass is 9.81. The van der Waals surface area contributed by atoms with Gasteiger partial charge in [-0.3, -0.25) is 0 Å². The van der Waals surface area contributed by atoms with Crippen LogP contribution in [-0.2, 0) is 13.5 Å². The van der Waals surface area contributed by atoms with Gasteiger partial charge >= 0.3 is 0 Å². The fraction of sp³-hybridized carbons (Fsp3) is 0.393. The van der Waals surface area contributed by atoms with Crippen LogP contribution in [-0.4, -0.2) is 0 Å². The normalized spacial score (nSPS) is 16.0. The molecule has 1 heteroatoms. The van der Waals surface area contributed by atoms with Crippen LogP contribution >= 0.6 is 0 Å². The first kappa shape index (κ1) is 18.6. The predicted molar refractivity (Wildman–Crippen MR) is 121 cm³/mol. The predicted octanol–water partition coefficient (Wildman–Crippen LogP) is 6.72. The SMILES string of the molecule is Cc1c[n+](C)c(-c2c(C)cc(C)c3c2Cc2ccccc2-3)cc1C1CCCCC1. The fourth-order valence-electron chi connectivity index (χ4n) is 5.99. The molecule has 1 saturated carbocycles. The zero-order valence-corrected chi connectivity index (χ0v) is 18.3. The van der Waals surface area contributed by atoms with Gasteiger partial charge in [0.2, 0.25) is 5.69 Å². The van der Waals surface area contributed by atoms with E-state index < -0.39 is 0 Å². The van der Waals surface area contributed by atoms with Gasteiger partial charge in [0.05, 0.1) is 5.56 Å². The summed E-state index contributed by atoms with van der Waals surface area (Å²) in [7, 11) is 2.22. The molecule has 3 aromatic rings. The van der Waals surface area contributed by atoms with Gasteiger partial charge < -0.3 is 0 Å². The van der Waals surface area contributed by atoms with Crippen LogP contribution in [0.3, 0.4) is 0 Å². The molecule has 0 saturated heterocycles. The number of aromatic nitrogens is 1. The Labute approximate surface area is 175 Å². The van der Waals surface area contributed by atoms with E-state index >= 15 is 0 Å². The molecule has 0 bridgehead atoms. The number of hydrogen-bond acceptors (Lipinski definition) is 0. The van der Waals surface area contributed by atoms with E-state index in [0.717, 1.165) is 12.3 Å². The van der Waals surface area contributed by atoms with Crippen molar-refractivity contribution >= 4 is 0 Å². The van der Waals surface area contributed by atoms with Gasteiger partial charge in [-0.15, -0.1) is 0 Å². The van der Waals surface area contributed by atoms with Crippen molar-refractivity contribution in [2.24, 2.45) is 7.05 Å². The molecular formula is C28H32N+. The summed E-state index contributed by atoms with van der Waals surface area (Å²) in [4.78, 5) is 0. The van der Waals surface area contributed by atoms with E-state index in [1.807, 2.05) is 0 Å². The summed E-state index contributed by atoms with van der Waals surface area (Å²) in [6, 6.07) is 13.9. The third-order valence-corrected chi connectivity index (χ3v) is 7.30. The van der Waals surface area contributed by atoms with Gasteiger partial charge in [0, 0.05) is 11.6 Å². The summed E-state index contributed by atoms with van der Waals surface area (Å²) in [5.41, 5.74) is 14.6. The monoisotopic (exact) mass is 382 g/mol. The molecule has 148 valence electrons. The van der Waals surface area contributed by atoms with Gasteiger partial charge in [-0.2, -0.15) is 0 Å². The van der Waals surface area contributed by atoms with Crippen LogP contribution in [0.4, 0.5) is 0 Å². The zero-order valence-electron chi connectivity index (χ0n) is 18.3. The molecule has 0 atom stereocenters.